The van der Waals surface area contributed by atoms with Gasteiger partial charge >= 0.3 is 0 Å². The molecule has 0 saturated heterocycles. The molecule has 3 aromatic rings. The number of hydrogen-bond donors (Lipinski definition) is 2. The van der Waals surface area contributed by atoms with Gasteiger partial charge in [-0.1, -0.05) is 24.3 Å². The lowest BCUT2D eigenvalue weighted by molar-refractivity contribution is 0.102. The minimum absolute atomic E-state index is 0.258. The van der Waals surface area contributed by atoms with Gasteiger partial charge in [0.1, 0.15) is 5.69 Å². The van der Waals surface area contributed by atoms with Gasteiger partial charge in [-0.3, -0.25) is 4.79 Å². The van der Waals surface area contributed by atoms with E-state index in [1.165, 1.54) is 5.56 Å². The zero-order valence-electron chi connectivity index (χ0n) is 15.4. The largest absolute Gasteiger partial charge is 0.324 e. The molecule has 1 aromatic heterocycles. The number of hydrogen-bond acceptors (Lipinski definition) is 4. The van der Waals surface area contributed by atoms with Crippen LogP contribution in [0.5, 0.6) is 0 Å². The summed E-state index contributed by atoms with van der Waals surface area (Å²) in [5, 5.41) is 6.09. The van der Waals surface area contributed by atoms with Crippen LogP contribution in [0.3, 0.4) is 0 Å². The van der Waals surface area contributed by atoms with Gasteiger partial charge in [0.25, 0.3) is 5.91 Å². The molecule has 0 spiro atoms. The molecule has 2 N–H and O–H groups in total. The Bertz CT molecular complexity index is 966. The van der Waals surface area contributed by atoms with E-state index in [4.69, 9.17) is 0 Å². The standard InChI is InChI=1S/C21H22N4O/c1-13-9-10-17(11-15(13)3)23-20(26)19-12-16(4)22-21(25-19)24-18-8-6-5-7-14(18)2/h5-12H,1-4H3,(H,23,26)(H,22,24,25). The van der Waals surface area contributed by atoms with Crippen molar-refractivity contribution in [2.75, 3.05) is 10.6 Å². The highest BCUT2D eigenvalue weighted by Gasteiger charge is 2.12. The number of para-hydroxylation sites is 1. The van der Waals surface area contributed by atoms with Crippen molar-refractivity contribution in [3.8, 4) is 0 Å². The summed E-state index contributed by atoms with van der Waals surface area (Å²) in [6.07, 6.45) is 0. The summed E-state index contributed by atoms with van der Waals surface area (Å²) in [6.45, 7) is 7.91. The van der Waals surface area contributed by atoms with E-state index in [1.807, 2.05) is 70.2 Å². The van der Waals surface area contributed by atoms with Crippen molar-refractivity contribution in [2.24, 2.45) is 0 Å². The van der Waals surface area contributed by atoms with E-state index in [0.29, 0.717) is 11.6 Å². The number of nitrogens with one attached hydrogen (secondary N) is 2. The quantitative estimate of drug-likeness (QED) is 0.718. The summed E-state index contributed by atoms with van der Waals surface area (Å²) in [7, 11) is 0. The Morgan fingerprint density at radius 3 is 2.35 bits per heavy atom. The predicted octanol–water partition coefficient (Wildman–Crippen LogP) is 4.71. The van der Waals surface area contributed by atoms with Gasteiger partial charge in [0, 0.05) is 17.1 Å². The summed E-state index contributed by atoms with van der Waals surface area (Å²) in [5.41, 5.74) is 6.11. The molecule has 0 bridgehead atoms. The van der Waals surface area contributed by atoms with Crippen LogP contribution in [0.25, 0.3) is 0 Å². The molecule has 5 nitrogen and oxygen atoms in total. The second kappa shape index (κ2) is 7.35. The molecule has 0 aliphatic heterocycles. The van der Waals surface area contributed by atoms with E-state index in [2.05, 4.69) is 20.6 Å². The van der Waals surface area contributed by atoms with Crippen molar-refractivity contribution in [2.45, 2.75) is 27.7 Å². The Labute approximate surface area is 153 Å². The minimum atomic E-state index is -0.258. The zero-order valence-corrected chi connectivity index (χ0v) is 15.4. The Morgan fingerprint density at radius 2 is 1.62 bits per heavy atom. The van der Waals surface area contributed by atoms with Gasteiger partial charge in [0.15, 0.2) is 0 Å². The summed E-state index contributed by atoms with van der Waals surface area (Å²) in [4.78, 5) is 21.4. The third kappa shape index (κ3) is 4.06. The average Bonchev–Trinajstić information content (AvgIpc) is 2.60. The third-order valence-electron chi connectivity index (χ3n) is 4.24. The molecule has 0 radical (unpaired) electrons. The maximum atomic E-state index is 12.6. The summed E-state index contributed by atoms with van der Waals surface area (Å²) in [5.74, 6) is 0.149. The van der Waals surface area contributed by atoms with Crippen molar-refractivity contribution in [1.82, 2.24) is 9.97 Å². The molecule has 0 unspecified atom stereocenters. The van der Waals surface area contributed by atoms with Crippen LogP contribution in [-0.2, 0) is 0 Å². The van der Waals surface area contributed by atoms with Gasteiger partial charge in [-0.25, -0.2) is 9.97 Å². The number of rotatable bonds is 4. The molecule has 0 saturated carbocycles. The lowest BCUT2D eigenvalue weighted by Crippen LogP contribution is -2.15. The fourth-order valence-corrected chi connectivity index (χ4v) is 2.59. The van der Waals surface area contributed by atoms with E-state index in [1.54, 1.807) is 6.07 Å². The first-order chi connectivity index (χ1) is 12.4. The Balaban J connectivity index is 1.83. The first-order valence-electron chi connectivity index (χ1n) is 8.49. The van der Waals surface area contributed by atoms with E-state index < -0.39 is 0 Å². The first kappa shape index (κ1) is 17.6. The van der Waals surface area contributed by atoms with Crippen LogP contribution in [-0.4, -0.2) is 15.9 Å². The molecule has 0 aliphatic carbocycles. The highest BCUT2D eigenvalue weighted by molar-refractivity contribution is 6.03. The smallest absolute Gasteiger partial charge is 0.274 e. The number of amides is 1. The minimum Gasteiger partial charge on any atom is -0.324 e. The van der Waals surface area contributed by atoms with Gasteiger partial charge in [-0.2, -0.15) is 0 Å². The van der Waals surface area contributed by atoms with E-state index >= 15 is 0 Å². The molecular weight excluding hydrogens is 324 g/mol. The monoisotopic (exact) mass is 346 g/mol. The first-order valence-corrected chi connectivity index (χ1v) is 8.49. The predicted molar refractivity (Wildman–Crippen MR) is 105 cm³/mol. The number of anilines is 3. The molecule has 5 heteroatoms. The molecule has 2 aromatic carbocycles. The van der Waals surface area contributed by atoms with Crippen LogP contribution >= 0.6 is 0 Å². The fraction of sp³-hybridized carbons (Fsp3) is 0.190. The molecule has 0 fully saturated rings. The highest BCUT2D eigenvalue weighted by Crippen LogP contribution is 2.19. The lowest BCUT2D eigenvalue weighted by atomic mass is 10.1. The van der Waals surface area contributed by atoms with Crippen molar-refractivity contribution in [3.05, 3.63) is 76.6 Å². The molecule has 0 aliphatic rings. The Morgan fingerprint density at radius 1 is 0.846 bits per heavy atom. The zero-order chi connectivity index (χ0) is 18.7. The number of benzene rings is 2. The van der Waals surface area contributed by atoms with E-state index in [9.17, 15) is 4.79 Å². The van der Waals surface area contributed by atoms with Gasteiger partial charge in [-0.05, 0) is 68.7 Å². The van der Waals surface area contributed by atoms with Crippen molar-refractivity contribution in [1.29, 1.82) is 0 Å². The average molecular weight is 346 g/mol. The van der Waals surface area contributed by atoms with E-state index in [-0.39, 0.29) is 5.91 Å². The van der Waals surface area contributed by atoms with Crippen LogP contribution in [0.4, 0.5) is 17.3 Å². The number of nitrogens with zero attached hydrogens (tertiary/aromatic N) is 2. The van der Waals surface area contributed by atoms with Crippen molar-refractivity contribution in [3.63, 3.8) is 0 Å². The van der Waals surface area contributed by atoms with Crippen LogP contribution in [0, 0.1) is 27.7 Å². The second-order valence-corrected chi connectivity index (χ2v) is 6.41. The maximum Gasteiger partial charge on any atom is 0.274 e. The van der Waals surface area contributed by atoms with E-state index in [0.717, 1.165) is 28.2 Å². The summed E-state index contributed by atoms with van der Waals surface area (Å²) in [6, 6.07) is 15.4. The molecule has 3 rings (SSSR count). The van der Waals surface area contributed by atoms with Crippen LogP contribution in [0.15, 0.2) is 48.5 Å². The molecule has 132 valence electrons. The number of aryl methyl sites for hydroxylation is 4. The van der Waals surface area contributed by atoms with Gasteiger partial charge in [0.05, 0.1) is 0 Å². The van der Waals surface area contributed by atoms with Crippen molar-refractivity contribution >= 4 is 23.2 Å². The van der Waals surface area contributed by atoms with Gasteiger partial charge in [0.2, 0.25) is 5.95 Å². The summed E-state index contributed by atoms with van der Waals surface area (Å²) >= 11 is 0. The second-order valence-electron chi connectivity index (χ2n) is 6.41. The molecule has 0 atom stereocenters. The molecular formula is C21H22N4O. The third-order valence-corrected chi connectivity index (χ3v) is 4.24. The summed E-state index contributed by atoms with van der Waals surface area (Å²) < 4.78 is 0. The maximum absolute atomic E-state index is 12.6. The van der Waals surface area contributed by atoms with Gasteiger partial charge in [-0.15, -0.1) is 0 Å². The lowest BCUT2D eigenvalue weighted by Gasteiger charge is -2.11. The molecule has 26 heavy (non-hydrogen) atoms. The molecule has 1 amide bonds. The van der Waals surface area contributed by atoms with Crippen LogP contribution < -0.4 is 10.6 Å². The topological polar surface area (TPSA) is 66.9 Å². The highest BCUT2D eigenvalue weighted by atomic mass is 16.1. The fourth-order valence-electron chi connectivity index (χ4n) is 2.59. The molecule has 1 heterocycles. The SMILES string of the molecule is Cc1cc(C(=O)Nc2ccc(C)c(C)c2)nc(Nc2ccccc2C)n1. The van der Waals surface area contributed by atoms with Crippen molar-refractivity contribution < 1.29 is 4.79 Å². The number of carbonyl (C=O) groups excluding carboxylic acids is 1. The normalized spacial score (nSPS) is 10.5. The Hall–Kier alpha value is -3.21. The van der Waals surface area contributed by atoms with Crippen LogP contribution in [0.2, 0.25) is 0 Å². The number of carbonyl (C=O) groups is 1. The van der Waals surface area contributed by atoms with Gasteiger partial charge < -0.3 is 10.6 Å². The Kier molecular flexibility index (Phi) is 4.98. The van der Waals surface area contributed by atoms with Crippen LogP contribution in [0.1, 0.15) is 32.9 Å². The number of aromatic nitrogens is 2.